The molecule has 6 nitrogen and oxygen atoms in total. The van der Waals surface area contributed by atoms with Crippen LogP contribution in [0.2, 0.25) is 0 Å². The van der Waals surface area contributed by atoms with Crippen molar-refractivity contribution in [3.63, 3.8) is 0 Å². The van der Waals surface area contributed by atoms with Crippen molar-refractivity contribution in [2.45, 2.75) is 26.7 Å². The number of hydrogen-bond donors (Lipinski definition) is 0. The molecule has 0 N–H and O–H groups in total. The standard InChI is InChI=1S/C22H29O6P.Li.H/c1-6-10-27-15-8-9-20(17(12-15)28-11-7-2)29-22(23)21-18(25-4)13-16(24-3)14-19(21)26-5;;/h8-9,12-14,29H,6-7,10-11H2,1-5H3;;/q;+1;-1. The third-order valence-electron chi connectivity index (χ3n) is 4.08. The fourth-order valence-corrected chi connectivity index (χ4v) is 3.71. The smallest absolute Gasteiger partial charge is 1.00 e. The fourth-order valence-electron chi connectivity index (χ4n) is 2.66. The van der Waals surface area contributed by atoms with E-state index < -0.39 is 0 Å². The molecule has 1 atom stereocenters. The number of methoxy groups -OCH3 is 3. The quantitative estimate of drug-likeness (QED) is 0.378. The van der Waals surface area contributed by atoms with Gasteiger partial charge in [0.1, 0.15) is 34.3 Å². The normalized spacial score (nSPS) is 10.4. The zero-order chi connectivity index (χ0) is 21.2. The van der Waals surface area contributed by atoms with Crippen molar-refractivity contribution in [3.8, 4) is 28.7 Å². The summed E-state index contributed by atoms with van der Waals surface area (Å²) in [4.78, 5) is 13.2. The second-order valence-electron chi connectivity index (χ2n) is 6.22. The van der Waals surface area contributed by atoms with E-state index in [1.165, 1.54) is 14.2 Å². The van der Waals surface area contributed by atoms with Crippen LogP contribution in [0.1, 0.15) is 38.5 Å². The molecule has 0 saturated carbocycles. The maximum Gasteiger partial charge on any atom is 1.00 e. The topological polar surface area (TPSA) is 63.2 Å². The van der Waals surface area contributed by atoms with Gasteiger partial charge in [0.05, 0.1) is 34.5 Å². The monoisotopic (exact) mass is 428 g/mol. The Morgan fingerprint density at radius 3 is 1.93 bits per heavy atom. The summed E-state index contributed by atoms with van der Waals surface area (Å²) in [6.45, 7) is 5.29. The van der Waals surface area contributed by atoms with Crippen LogP contribution in [0, 0.1) is 0 Å². The number of carbonyl (C=O) groups is 1. The number of ether oxygens (including phenoxy) is 5. The summed E-state index contributed by atoms with van der Waals surface area (Å²) in [6.07, 6.45) is 1.79. The Kier molecular flexibility index (Phi) is 11.7. The molecule has 0 fully saturated rings. The molecule has 0 aliphatic rings. The summed E-state index contributed by atoms with van der Waals surface area (Å²) in [6, 6.07) is 8.96. The molecule has 0 aliphatic carbocycles. The summed E-state index contributed by atoms with van der Waals surface area (Å²) in [5, 5.41) is 0.812. The van der Waals surface area contributed by atoms with Crippen LogP contribution in [-0.2, 0) is 0 Å². The molecule has 0 aromatic heterocycles. The van der Waals surface area contributed by atoms with E-state index in [1.807, 2.05) is 25.1 Å². The predicted octanol–water partition coefficient (Wildman–Crippen LogP) is 1.55. The van der Waals surface area contributed by atoms with Crippen molar-refractivity contribution in [2.24, 2.45) is 0 Å². The first-order valence-electron chi connectivity index (χ1n) is 9.58. The van der Waals surface area contributed by atoms with Gasteiger partial charge >= 0.3 is 18.9 Å². The molecule has 8 heteroatoms. The van der Waals surface area contributed by atoms with Gasteiger partial charge in [-0.25, -0.2) is 0 Å². The Morgan fingerprint density at radius 2 is 1.40 bits per heavy atom. The van der Waals surface area contributed by atoms with Crippen LogP contribution in [0.5, 0.6) is 28.7 Å². The van der Waals surface area contributed by atoms with Crippen molar-refractivity contribution in [3.05, 3.63) is 35.9 Å². The number of hydrogen-bond acceptors (Lipinski definition) is 6. The molecule has 0 radical (unpaired) electrons. The molecule has 0 amide bonds. The molecule has 0 aliphatic heterocycles. The molecule has 160 valence electrons. The fraction of sp³-hybridized carbons (Fsp3) is 0.409. The SMILES string of the molecule is CCCOc1ccc(PC(=O)c2c(OC)cc(OC)cc2OC)c(OCCC)c1.[H-].[Li+]. The molecule has 2 rings (SSSR count). The number of carbonyl (C=O) groups excluding carboxylic acids is 1. The third kappa shape index (κ3) is 6.84. The molecule has 1 unspecified atom stereocenters. The van der Waals surface area contributed by atoms with Gasteiger partial charge in [0.15, 0.2) is 5.52 Å². The number of rotatable bonds is 12. The van der Waals surface area contributed by atoms with E-state index >= 15 is 0 Å². The van der Waals surface area contributed by atoms with E-state index in [9.17, 15) is 4.79 Å². The van der Waals surface area contributed by atoms with Gasteiger partial charge in [-0.2, -0.15) is 0 Å². The molecule has 30 heavy (non-hydrogen) atoms. The van der Waals surface area contributed by atoms with Gasteiger partial charge in [0.2, 0.25) is 0 Å². The van der Waals surface area contributed by atoms with Crippen LogP contribution in [0.25, 0.3) is 0 Å². The molecular weight excluding hydrogens is 398 g/mol. The van der Waals surface area contributed by atoms with Crippen LogP contribution >= 0.6 is 8.58 Å². The van der Waals surface area contributed by atoms with Crippen molar-refractivity contribution >= 4 is 19.4 Å². The molecule has 0 heterocycles. The first kappa shape index (κ1) is 26.2. The summed E-state index contributed by atoms with van der Waals surface area (Å²) >= 11 is 0. The molecule has 0 saturated heterocycles. The first-order valence-corrected chi connectivity index (χ1v) is 10.6. The van der Waals surface area contributed by atoms with E-state index in [0.717, 1.165) is 23.9 Å². The summed E-state index contributed by atoms with van der Waals surface area (Å²) in [7, 11) is 4.43. The molecular formula is C22H30LiO6P. The largest absolute Gasteiger partial charge is 1.00 e. The van der Waals surface area contributed by atoms with E-state index in [2.05, 4.69) is 6.92 Å². The van der Waals surface area contributed by atoms with E-state index in [0.29, 0.717) is 41.8 Å². The predicted molar refractivity (Wildman–Crippen MR) is 118 cm³/mol. The third-order valence-corrected chi connectivity index (χ3v) is 5.24. The van der Waals surface area contributed by atoms with Crippen LogP contribution in [0.15, 0.2) is 30.3 Å². The van der Waals surface area contributed by atoms with Crippen LogP contribution in [0.3, 0.4) is 0 Å². The Labute approximate surface area is 194 Å². The van der Waals surface area contributed by atoms with E-state index in [-0.39, 0.29) is 34.4 Å². The van der Waals surface area contributed by atoms with Gasteiger partial charge in [-0.05, 0) is 33.6 Å². The average Bonchev–Trinajstić information content (AvgIpc) is 2.75. The van der Waals surface area contributed by atoms with Crippen molar-refractivity contribution in [1.82, 2.24) is 0 Å². The second-order valence-corrected chi connectivity index (χ2v) is 7.46. The van der Waals surface area contributed by atoms with Crippen molar-refractivity contribution < 1.29 is 48.8 Å². The Hall–Kier alpha value is -1.86. The zero-order valence-corrected chi connectivity index (χ0v) is 19.7. The Morgan fingerprint density at radius 1 is 0.833 bits per heavy atom. The van der Waals surface area contributed by atoms with Crippen LogP contribution < -0.4 is 47.8 Å². The minimum absolute atomic E-state index is 0. The van der Waals surface area contributed by atoms with Gasteiger partial charge < -0.3 is 25.1 Å². The molecule has 0 bridgehead atoms. The van der Waals surface area contributed by atoms with Crippen LogP contribution in [-0.4, -0.2) is 40.1 Å². The van der Waals surface area contributed by atoms with Gasteiger partial charge in [-0.3, -0.25) is 4.79 Å². The summed E-state index contributed by atoms with van der Waals surface area (Å²) < 4.78 is 27.7. The van der Waals surface area contributed by atoms with Gasteiger partial charge in [-0.1, -0.05) is 13.8 Å². The van der Waals surface area contributed by atoms with Crippen LogP contribution in [0.4, 0.5) is 0 Å². The average molecular weight is 428 g/mol. The Bertz CT molecular complexity index is 809. The summed E-state index contributed by atoms with van der Waals surface area (Å²) in [5.41, 5.74) is 0.284. The molecule has 0 spiro atoms. The van der Waals surface area contributed by atoms with Crippen molar-refractivity contribution in [2.75, 3.05) is 34.5 Å². The van der Waals surface area contributed by atoms with Gasteiger partial charge in [0, 0.05) is 23.5 Å². The minimum atomic E-state index is -0.160. The number of benzene rings is 2. The minimum Gasteiger partial charge on any atom is -1.00 e. The summed E-state index contributed by atoms with van der Waals surface area (Å²) in [5.74, 6) is 2.79. The molecule has 2 aromatic rings. The molecule has 2 aromatic carbocycles. The maximum absolute atomic E-state index is 13.2. The Balaban J connectivity index is 0.00000450. The maximum atomic E-state index is 13.2. The van der Waals surface area contributed by atoms with Gasteiger partial charge in [-0.15, -0.1) is 0 Å². The first-order chi connectivity index (χ1) is 14.1. The zero-order valence-electron chi connectivity index (χ0n) is 19.7. The van der Waals surface area contributed by atoms with E-state index in [4.69, 9.17) is 23.7 Å². The van der Waals surface area contributed by atoms with Gasteiger partial charge in [0.25, 0.3) is 0 Å². The van der Waals surface area contributed by atoms with Crippen molar-refractivity contribution in [1.29, 1.82) is 0 Å². The van der Waals surface area contributed by atoms with E-state index in [1.54, 1.807) is 19.2 Å². The second kappa shape index (κ2) is 13.4.